The van der Waals surface area contributed by atoms with Crippen molar-refractivity contribution in [3.05, 3.63) is 101 Å². The molecule has 1 aromatic heterocycles. The normalized spacial score (nSPS) is 15.6. The zero-order valence-electron chi connectivity index (χ0n) is 21.7. The fourth-order valence-corrected chi connectivity index (χ4v) is 4.83. The van der Waals surface area contributed by atoms with Gasteiger partial charge in [0, 0.05) is 27.7 Å². The van der Waals surface area contributed by atoms with Gasteiger partial charge in [0.2, 0.25) is 0 Å². The number of hydrogen-bond donors (Lipinski definition) is 1. The summed E-state index contributed by atoms with van der Waals surface area (Å²) in [6.45, 7) is 5.35. The van der Waals surface area contributed by atoms with Crippen molar-refractivity contribution in [2.24, 2.45) is 0 Å². The average molecular weight is 542 g/mol. The molecule has 8 heteroatoms. The van der Waals surface area contributed by atoms with Crippen LogP contribution in [-0.4, -0.2) is 29.0 Å². The number of nitrogens with one attached hydrogen (secondary N) is 1. The minimum absolute atomic E-state index is 0.133. The minimum Gasteiger partial charge on any atom is -0.491 e. The molecule has 1 saturated heterocycles. The summed E-state index contributed by atoms with van der Waals surface area (Å²) in [5.74, 6) is -0.169. The second-order valence-electron chi connectivity index (χ2n) is 9.42. The monoisotopic (exact) mass is 541 g/mol. The first-order valence-electron chi connectivity index (χ1n) is 12.8. The van der Waals surface area contributed by atoms with E-state index in [1.54, 1.807) is 24.3 Å². The summed E-state index contributed by atoms with van der Waals surface area (Å²) in [6, 6.07) is 21.3. The fraction of sp³-hybridized carbons (Fsp3) is 0.194. The number of anilines is 1. The molecule has 0 bridgehead atoms. The molecule has 3 aromatic carbocycles. The lowest BCUT2D eigenvalue weighted by atomic mass is 9.98. The van der Waals surface area contributed by atoms with Crippen molar-refractivity contribution in [1.82, 2.24) is 9.88 Å². The first-order chi connectivity index (χ1) is 18.9. The van der Waals surface area contributed by atoms with Gasteiger partial charge in [0.05, 0.1) is 12.2 Å². The summed E-state index contributed by atoms with van der Waals surface area (Å²) in [5, 5.41) is 3.61. The summed E-state index contributed by atoms with van der Waals surface area (Å²) >= 11 is 5.96. The summed E-state index contributed by atoms with van der Waals surface area (Å²) in [7, 11) is 0. The van der Waals surface area contributed by atoms with E-state index in [-0.39, 0.29) is 5.57 Å². The number of aromatic nitrogens is 1. The summed E-state index contributed by atoms with van der Waals surface area (Å²) < 4.78 is 8.22. The average Bonchev–Trinajstić information content (AvgIpc) is 3.29. The SMILES string of the molecule is CCC(C)c1ccccc1OCCn1cc(/C=C2/C(=O)NC(=O)N(c3ccc(Cl)cc3)C2=O)c2ccccc21. The molecule has 1 aliphatic rings. The molecular weight excluding hydrogens is 514 g/mol. The molecule has 39 heavy (non-hydrogen) atoms. The molecule has 4 amide bonds. The number of hydrogen-bond acceptors (Lipinski definition) is 4. The Morgan fingerprint density at radius 1 is 0.974 bits per heavy atom. The van der Waals surface area contributed by atoms with Crippen LogP contribution in [-0.2, 0) is 16.1 Å². The van der Waals surface area contributed by atoms with Gasteiger partial charge in [-0.1, -0.05) is 61.8 Å². The molecule has 198 valence electrons. The minimum atomic E-state index is -0.804. The lowest BCUT2D eigenvalue weighted by Gasteiger charge is -2.26. The molecule has 1 N–H and O–H groups in total. The standard InChI is InChI=1S/C31H28ClN3O4/c1-3-20(2)24-8-5-7-11-28(24)39-17-16-34-19-21(25-9-4-6-10-27(25)34)18-26-29(36)33-31(38)35(30(26)37)23-14-12-22(32)13-15-23/h4-15,18-20H,3,16-17H2,1-2H3,(H,33,36,38)/b26-18-. The third-order valence-corrected chi connectivity index (χ3v) is 7.21. The maximum Gasteiger partial charge on any atom is 0.335 e. The topological polar surface area (TPSA) is 80.6 Å². The number of nitrogens with zero attached hydrogens (tertiary/aromatic N) is 2. The van der Waals surface area contributed by atoms with Crippen LogP contribution >= 0.6 is 11.6 Å². The molecule has 0 aliphatic carbocycles. The van der Waals surface area contributed by atoms with Crippen LogP contribution in [0, 0.1) is 0 Å². The highest BCUT2D eigenvalue weighted by Gasteiger charge is 2.37. The predicted octanol–water partition coefficient (Wildman–Crippen LogP) is 6.55. The van der Waals surface area contributed by atoms with Gasteiger partial charge in [0.15, 0.2) is 0 Å². The van der Waals surface area contributed by atoms with Gasteiger partial charge in [-0.15, -0.1) is 0 Å². The van der Waals surface area contributed by atoms with Gasteiger partial charge in [-0.2, -0.15) is 0 Å². The fourth-order valence-electron chi connectivity index (χ4n) is 4.71. The highest BCUT2D eigenvalue weighted by atomic mass is 35.5. The maximum atomic E-state index is 13.3. The van der Waals surface area contributed by atoms with E-state index in [2.05, 4.69) is 25.2 Å². The Morgan fingerprint density at radius 2 is 1.69 bits per heavy atom. The van der Waals surface area contributed by atoms with Crippen molar-refractivity contribution >= 4 is 52.1 Å². The molecule has 1 atom stereocenters. The third-order valence-electron chi connectivity index (χ3n) is 6.96. The Bertz CT molecular complexity index is 1590. The molecule has 0 radical (unpaired) electrons. The lowest BCUT2D eigenvalue weighted by molar-refractivity contribution is -0.122. The van der Waals surface area contributed by atoms with Crippen LogP contribution in [0.4, 0.5) is 10.5 Å². The summed E-state index contributed by atoms with van der Waals surface area (Å²) in [4.78, 5) is 39.5. The van der Waals surface area contributed by atoms with Crippen LogP contribution in [0.2, 0.25) is 5.02 Å². The second-order valence-corrected chi connectivity index (χ2v) is 9.86. The smallest absolute Gasteiger partial charge is 0.335 e. The summed E-state index contributed by atoms with van der Waals surface area (Å²) in [5.41, 5.74) is 3.00. The molecule has 1 fully saturated rings. The van der Waals surface area contributed by atoms with E-state index < -0.39 is 17.8 Å². The Morgan fingerprint density at radius 3 is 2.46 bits per heavy atom. The van der Waals surface area contributed by atoms with Gasteiger partial charge in [0.25, 0.3) is 11.8 Å². The van der Waals surface area contributed by atoms with Gasteiger partial charge in [-0.3, -0.25) is 14.9 Å². The van der Waals surface area contributed by atoms with Gasteiger partial charge in [-0.05, 0) is 60.4 Å². The van der Waals surface area contributed by atoms with Gasteiger partial charge in [-0.25, -0.2) is 9.69 Å². The molecule has 0 saturated carbocycles. The number of imide groups is 2. The number of carbonyl (C=O) groups is 3. The number of para-hydroxylation sites is 2. The van der Waals surface area contributed by atoms with E-state index >= 15 is 0 Å². The number of halogens is 1. The zero-order valence-corrected chi connectivity index (χ0v) is 22.4. The Balaban J connectivity index is 1.43. The molecule has 2 heterocycles. The highest BCUT2D eigenvalue weighted by Crippen LogP contribution is 2.30. The number of ether oxygens (including phenoxy) is 1. The van der Waals surface area contributed by atoms with Crippen molar-refractivity contribution in [1.29, 1.82) is 0 Å². The number of amides is 4. The van der Waals surface area contributed by atoms with E-state index in [0.717, 1.165) is 28.0 Å². The number of barbiturate groups is 1. The maximum absolute atomic E-state index is 13.3. The first kappa shape index (κ1) is 26.3. The molecule has 1 unspecified atom stereocenters. The van der Waals surface area contributed by atoms with E-state index in [1.807, 2.05) is 53.2 Å². The molecule has 1 aliphatic heterocycles. The number of carbonyl (C=O) groups excluding carboxylic acids is 3. The van der Waals surface area contributed by atoms with Crippen LogP contribution in [0.3, 0.4) is 0 Å². The van der Waals surface area contributed by atoms with Crippen molar-refractivity contribution < 1.29 is 19.1 Å². The molecule has 5 rings (SSSR count). The van der Waals surface area contributed by atoms with Crippen molar-refractivity contribution in [2.45, 2.75) is 32.7 Å². The molecule has 0 spiro atoms. The Labute approximate surface area is 231 Å². The van der Waals surface area contributed by atoms with Crippen molar-refractivity contribution in [3.63, 3.8) is 0 Å². The summed E-state index contributed by atoms with van der Waals surface area (Å²) in [6.07, 6.45) is 4.45. The van der Waals surface area contributed by atoms with Gasteiger partial charge in [0.1, 0.15) is 17.9 Å². The Hall–Kier alpha value is -4.36. The van der Waals surface area contributed by atoms with E-state index in [1.165, 1.54) is 11.6 Å². The van der Waals surface area contributed by atoms with Crippen molar-refractivity contribution in [2.75, 3.05) is 11.5 Å². The largest absolute Gasteiger partial charge is 0.491 e. The lowest BCUT2D eigenvalue weighted by Crippen LogP contribution is -2.54. The van der Waals surface area contributed by atoms with Gasteiger partial charge >= 0.3 is 6.03 Å². The van der Waals surface area contributed by atoms with Crippen LogP contribution < -0.4 is 15.0 Å². The highest BCUT2D eigenvalue weighted by molar-refractivity contribution is 6.39. The molecular formula is C31H28ClN3O4. The van der Waals surface area contributed by atoms with E-state index in [4.69, 9.17) is 16.3 Å². The zero-order chi connectivity index (χ0) is 27.5. The van der Waals surface area contributed by atoms with Crippen molar-refractivity contribution in [3.8, 4) is 5.75 Å². The number of rotatable bonds is 8. The van der Waals surface area contributed by atoms with E-state index in [0.29, 0.717) is 35.3 Å². The predicted molar refractivity (Wildman–Crippen MR) is 153 cm³/mol. The number of fused-ring (bicyclic) bond motifs is 1. The molecule has 4 aromatic rings. The number of benzene rings is 3. The van der Waals surface area contributed by atoms with Crippen LogP contribution in [0.5, 0.6) is 5.75 Å². The second kappa shape index (κ2) is 11.2. The van der Waals surface area contributed by atoms with Crippen LogP contribution in [0.1, 0.15) is 37.3 Å². The Kier molecular flexibility index (Phi) is 7.52. The van der Waals surface area contributed by atoms with E-state index in [9.17, 15) is 14.4 Å². The van der Waals surface area contributed by atoms with Gasteiger partial charge < -0.3 is 9.30 Å². The third kappa shape index (κ3) is 5.31. The van der Waals surface area contributed by atoms with Crippen LogP contribution in [0.15, 0.2) is 84.6 Å². The number of urea groups is 1. The quantitative estimate of drug-likeness (QED) is 0.202. The van der Waals surface area contributed by atoms with Crippen LogP contribution in [0.25, 0.3) is 17.0 Å². The molecule has 7 nitrogen and oxygen atoms in total. The first-order valence-corrected chi connectivity index (χ1v) is 13.2.